The molecule has 0 radical (unpaired) electrons. The van der Waals surface area contributed by atoms with E-state index in [0.29, 0.717) is 12.2 Å². The van der Waals surface area contributed by atoms with Crippen molar-refractivity contribution in [1.82, 2.24) is 0 Å². The first-order valence-electron chi connectivity index (χ1n) is 5.94. The molecule has 0 spiro atoms. The fraction of sp³-hybridized carbons (Fsp3) is 0.462. The minimum atomic E-state index is -0.552. The van der Waals surface area contributed by atoms with Crippen molar-refractivity contribution in [2.75, 3.05) is 25.6 Å². The number of carbonyl (C=O) groups excluding carboxylic acids is 1. The number of hydrogen-bond acceptors (Lipinski definition) is 4. The quantitative estimate of drug-likeness (QED) is 0.836. The molecule has 0 aliphatic carbocycles. The van der Waals surface area contributed by atoms with E-state index in [2.05, 4.69) is 10.1 Å². The van der Waals surface area contributed by atoms with Gasteiger partial charge in [-0.3, -0.25) is 0 Å². The SMILES string of the molecule is COC(=O)c1cc(F)ccc1NCC1CCCO1. The van der Waals surface area contributed by atoms with E-state index in [0.717, 1.165) is 19.4 Å². The zero-order valence-electron chi connectivity index (χ0n) is 10.2. The molecular weight excluding hydrogens is 237 g/mol. The molecule has 1 saturated heterocycles. The Kier molecular flexibility index (Phi) is 4.15. The van der Waals surface area contributed by atoms with Crippen LogP contribution < -0.4 is 5.32 Å². The molecule has 0 bridgehead atoms. The molecule has 0 aromatic heterocycles. The largest absolute Gasteiger partial charge is 0.465 e. The lowest BCUT2D eigenvalue weighted by molar-refractivity contribution is 0.0601. The van der Waals surface area contributed by atoms with E-state index in [1.807, 2.05) is 0 Å². The Labute approximate surface area is 105 Å². The number of hydrogen-bond donors (Lipinski definition) is 1. The smallest absolute Gasteiger partial charge is 0.340 e. The highest BCUT2D eigenvalue weighted by Gasteiger charge is 2.17. The second-order valence-corrected chi connectivity index (χ2v) is 4.20. The summed E-state index contributed by atoms with van der Waals surface area (Å²) in [6, 6.07) is 4.02. The average Bonchev–Trinajstić information content (AvgIpc) is 2.89. The van der Waals surface area contributed by atoms with Gasteiger partial charge in [-0.1, -0.05) is 0 Å². The van der Waals surface area contributed by atoms with E-state index in [1.54, 1.807) is 0 Å². The first-order chi connectivity index (χ1) is 8.70. The van der Waals surface area contributed by atoms with E-state index in [9.17, 15) is 9.18 Å². The molecule has 2 rings (SSSR count). The van der Waals surface area contributed by atoms with Crippen LogP contribution in [0.5, 0.6) is 0 Å². The number of methoxy groups -OCH3 is 1. The minimum absolute atomic E-state index is 0.153. The van der Waals surface area contributed by atoms with Crippen molar-refractivity contribution in [3.8, 4) is 0 Å². The van der Waals surface area contributed by atoms with Crippen LogP contribution in [0.1, 0.15) is 23.2 Å². The second-order valence-electron chi connectivity index (χ2n) is 4.20. The van der Waals surface area contributed by atoms with Crippen LogP contribution in [0.25, 0.3) is 0 Å². The van der Waals surface area contributed by atoms with Crippen LogP contribution in [-0.2, 0) is 9.47 Å². The van der Waals surface area contributed by atoms with Gasteiger partial charge in [-0.2, -0.15) is 0 Å². The Balaban J connectivity index is 2.08. The lowest BCUT2D eigenvalue weighted by atomic mass is 10.1. The van der Waals surface area contributed by atoms with Gasteiger partial charge in [0.2, 0.25) is 0 Å². The van der Waals surface area contributed by atoms with Crippen LogP contribution in [0.3, 0.4) is 0 Å². The summed E-state index contributed by atoms with van der Waals surface area (Å²) in [4.78, 5) is 11.5. The summed E-state index contributed by atoms with van der Waals surface area (Å²) in [6.07, 6.45) is 2.21. The lowest BCUT2D eigenvalue weighted by Crippen LogP contribution is -2.20. The van der Waals surface area contributed by atoms with Crippen LogP contribution in [0.2, 0.25) is 0 Å². The Morgan fingerprint density at radius 3 is 3.11 bits per heavy atom. The molecule has 0 saturated carbocycles. The molecule has 1 aliphatic rings. The van der Waals surface area contributed by atoms with Gasteiger partial charge in [-0.25, -0.2) is 9.18 Å². The summed E-state index contributed by atoms with van der Waals surface area (Å²) in [5.74, 6) is -1.01. The summed E-state index contributed by atoms with van der Waals surface area (Å²) in [5, 5.41) is 3.11. The fourth-order valence-electron chi connectivity index (χ4n) is 1.98. The van der Waals surface area contributed by atoms with Crippen molar-refractivity contribution >= 4 is 11.7 Å². The number of benzene rings is 1. The summed E-state index contributed by atoms with van der Waals surface area (Å²) in [6.45, 7) is 1.38. The van der Waals surface area contributed by atoms with Crippen LogP contribution in [0.15, 0.2) is 18.2 Å². The number of anilines is 1. The molecule has 1 aromatic carbocycles. The highest BCUT2D eigenvalue weighted by molar-refractivity contribution is 5.95. The molecule has 1 aliphatic heterocycles. The Bertz CT molecular complexity index is 430. The molecule has 4 nitrogen and oxygen atoms in total. The maximum atomic E-state index is 13.1. The van der Waals surface area contributed by atoms with E-state index in [1.165, 1.54) is 25.3 Å². The maximum Gasteiger partial charge on any atom is 0.340 e. The van der Waals surface area contributed by atoms with E-state index in [-0.39, 0.29) is 11.7 Å². The third kappa shape index (κ3) is 2.98. The molecule has 0 amide bonds. The van der Waals surface area contributed by atoms with Crippen molar-refractivity contribution in [3.05, 3.63) is 29.6 Å². The summed E-state index contributed by atoms with van der Waals surface area (Å²) >= 11 is 0. The van der Waals surface area contributed by atoms with Gasteiger partial charge < -0.3 is 14.8 Å². The van der Waals surface area contributed by atoms with Crippen LogP contribution >= 0.6 is 0 Å². The molecular formula is C13H16FNO3. The number of nitrogens with one attached hydrogen (secondary N) is 1. The molecule has 1 N–H and O–H groups in total. The molecule has 1 atom stereocenters. The second kappa shape index (κ2) is 5.82. The number of halogens is 1. The Morgan fingerprint density at radius 2 is 2.44 bits per heavy atom. The lowest BCUT2D eigenvalue weighted by Gasteiger charge is -2.14. The number of carbonyl (C=O) groups is 1. The summed E-state index contributed by atoms with van der Waals surface area (Å²) < 4.78 is 23.2. The zero-order chi connectivity index (χ0) is 13.0. The number of esters is 1. The fourth-order valence-corrected chi connectivity index (χ4v) is 1.98. The summed E-state index contributed by atoms with van der Waals surface area (Å²) in [5.41, 5.74) is 0.772. The van der Waals surface area contributed by atoms with E-state index in [4.69, 9.17) is 4.74 Å². The minimum Gasteiger partial charge on any atom is -0.465 e. The Hall–Kier alpha value is -1.62. The molecule has 1 heterocycles. The first kappa shape index (κ1) is 12.8. The highest BCUT2D eigenvalue weighted by Crippen LogP contribution is 2.19. The molecule has 1 fully saturated rings. The van der Waals surface area contributed by atoms with Crippen LogP contribution in [-0.4, -0.2) is 32.3 Å². The molecule has 1 unspecified atom stereocenters. The van der Waals surface area contributed by atoms with Gasteiger partial charge in [-0.05, 0) is 31.0 Å². The van der Waals surface area contributed by atoms with Gasteiger partial charge in [0.1, 0.15) is 5.82 Å². The highest BCUT2D eigenvalue weighted by atomic mass is 19.1. The van der Waals surface area contributed by atoms with Gasteiger partial charge in [-0.15, -0.1) is 0 Å². The van der Waals surface area contributed by atoms with Gasteiger partial charge in [0, 0.05) is 18.8 Å². The molecule has 1 aromatic rings. The third-order valence-corrected chi connectivity index (χ3v) is 2.93. The predicted octanol–water partition coefficient (Wildman–Crippen LogP) is 2.20. The van der Waals surface area contributed by atoms with Crippen molar-refractivity contribution in [1.29, 1.82) is 0 Å². The summed E-state index contributed by atoms with van der Waals surface area (Å²) in [7, 11) is 1.27. The van der Waals surface area contributed by atoms with Gasteiger partial charge in [0.05, 0.1) is 18.8 Å². The molecule has 5 heteroatoms. The standard InChI is InChI=1S/C13H16FNO3/c1-17-13(16)11-7-9(14)4-5-12(11)15-8-10-3-2-6-18-10/h4-5,7,10,15H,2-3,6,8H2,1H3. The van der Waals surface area contributed by atoms with E-state index >= 15 is 0 Å². The topological polar surface area (TPSA) is 47.6 Å². The van der Waals surface area contributed by atoms with Crippen LogP contribution in [0.4, 0.5) is 10.1 Å². The third-order valence-electron chi connectivity index (χ3n) is 2.93. The van der Waals surface area contributed by atoms with Crippen LogP contribution in [0, 0.1) is 5.82 Å². The zero-order valence-corrected chi connectivity index (χ0v) is 10.2. The average molecular weight is 253 g/mol. The Morgan fingerprint density at radius 1 is 1.61 bits per heavy atom. The maximum absolute atomic E-state index is 13.1. The number of ether oxygens (including phenoxy) is 2. The van der Waals surface area contributed by atoms with Crippen molar-refractivity contribution in [2.45, 2.75) is 18.9 Å². The van der Waals surface area contributed by atoms with Crippen molar-refractivity contribution < 1.29 is 18.7 Å². The van der Waals surface area contributed by atoms with Crippen molar-refractivity contribution in [2.24, 2.45) is 0 Å². The first-order valence-corrected chi connectivity index (χ1v) is 5.94. The van der Waals surface area contributed by atoms with Gasteiger partial charge in [0.25, 0.3) is 0 Å². The van der Waals surface area contributed by atoms with E-state index < -0.39 is 11.8 Å². The van der Waals surface area contributed by atoms with Gasteiger partial charge in [0.15, 0.2) is 0 Å². The monoisotopic (exact) mass is 253 g/mol. The van der Waals surface area contributed by atoms with Gasteiger partial charge >= 0.3 is 5.97 Å². The van der Waals surface area contributed by atoms with Crippen molar-refractivity contribution in [3.63, 3.8) is 0 Å². The normalized spacial score (nSPS) is 18.7. The molecule has 98 valence electrons. The molecule has 18 heavy (non-hydrogen) atoms. The predicted molar refractivity (Wildman–Crippen MR) is 65.2 cm³/mol. The number of rotatable bonds is 4.